The number of β-amino-alcohol motifs (C(OH)–C–C–N with tert-alkyl or cyclic N) is 1. The average molecular weight is 392 g/mol. The Morgan fingerprint density at radius 1 is 1.10 bits per heavy atom. The van der Waals surface area contributed by atoms with Gasteiger partial charge in [-0.15, -0.1) is 0 Å². The summed E-state index contributed by atoms with van der Waals surface area (Å²) in [6, 6.07) is 12.0. The highest BCUT2D eigenvalue weighted by Crippen LogP contribution is 2.30. The summed E-state index contributed by atoms with van der Waals surface area (Å²) in [6.07, 6.45) is 3.91. The quantitative estimate of drug-likeness (QED) is 0.714. The zero-order valence-electron chi connectivity index (χ0n) is 15.8. The predicted molar refractivity (Wildman–Crippen MR) is 108 cm³/mol. The summed E-state index contributed by atoms with van der Waals surface area (Å²) >= 11 is 0. The predicted octanol–water partition coefficient (Wildman–Crippen LogP) is 3.13. The van der Waals surface area contributed by atoms with Gasteiger partial charge in [-0.05, 0) is 36.1 Å². The molecule has 0 aliphatic carbocycles. The molecule has 3 aromatic rings. The number of aliphatic hydroxyl groups excluding tert-OH is 1. The molecule has 1 saturated heterocycles. The SMILES string of the molecule is Nc1ncc(-c2ccc(-c3ccccc3C(=O)N3CCC[C@@H](O)C3)cc2F)cn1. The fourth-order valence-corrected chi connectivity index (χ4v) is 3.62. The van der Waals surface area contributed by atoms with Gasteiger partial charge in [-0.3, -0.25) is 4.79 Å². The van der Waals surface area contributed by atoms with Crippen molar-refractivity contribution in [3.8, 4) is 22.3 Å². The molecule has 2 aromatic carbocycles. The number of nitrogen functional groups attached to an aromatic ring is 1. The zero-order valence-corrected chi connectivity index (χ0v) is 15.8. The lowest BCUT2D eigenvalue weighted by atomic mass is 9.96. The Morgan fingerprint density at radius 2 is 1.86 bits per heavy atom. The van der Waals surface area contributed by atoms with Gasteiger partial charge in [0.1, 0.15) is 5.82 Å². The number of carbonyl (C=O) groups is 1. The second-order valence-electron chi connectivity index (χ2n) is 7.12. The van der Waals surface area contributed by atoms with Gasteiger partial charge in [-0.25, -0.2) is 14.4 Å². The maximum atomic E-state index is 14.8. The van der Waals surface area contributed by atoms with Crippen LogP contribution in [0.2, 0.25) is 0 Å². The summed E-state index contributed by atoms with van der Waals surface area (Å²) in [7, 11) is 0. The number of halogens is 1. The third-order valence-electron chi connectivity index (χ3n) is 5.10. The molecule has 0 saturated carbocycles. The van der Waals surface area contributed by atoms with Crippen molar-refractivity contribution in [3.63, 3.8) is 0 Å². The minimum Gasteiger partial charge on any atom is -0.391 e. The van der Waals surface area contributed by atoms with E-state index >= 15 is 0 Å². The minimum absolute atomic E-state index is 0.126. The van der Waals surface area contributed by atoms with Gasteiger partial charge in [0.15, 0.2) is 0 Å². The van der Waals surface area contributed by atoms with E-state index in [1.165, 1.54) is 18.5 Å². The molecular formula is C22H21FN4O2. The highest BCUT2D eigenvalue weighted by molar-refractivity contribution is 6.01. The zero-order chi connectivity index (χ0) is 20.4. The molecule has 1 atom stereocenters. The van der Waals surface area contributed by atoms with Crippen LogP contribution in [-0.2, 0) is 0 Å². The third-order valence-corrected chi connectivity index (χ3v) is 5.10. The van der Waals surface area contributed by atoms with Gasteiger partial charge in [0, 0.05) is 42.2 Å². The molecule has 0 spiro atoms. The summed E-state index contributed by atoms with van der Waals surface area (Å²) in [5.74, 6) is -0.469. The van der Waals surface area contributed by atoms with Crippen LogP contribution in [0.3, 0.4) is 0 Å². The molecule has 148 valence electrons. The summed E-state index contributed by atoms with van der Waals surface area (Å²) in [6.45, 7) is 0.923. The molecule has 0 bridgehead atoms. The number of likely N-dealkylation sites (tertiary alicyclic amines) is 1. The summed E-state index contributed by atoms with van der Waals surface area (Å²) in [5, 5.41) is 9.89. The summed E-state index contributed by atoms with van der Waals surface area (Å²) < 4.78 is 14.8. The molecule has 3 N–H and O–H groups in total. The average Bonchev–Trinajstić information content (AvgIpc) is 2.74. The molecular weight excluding hydrogens is 371 g/mol. The van der Waals surface area contributed by atoms with E-state index in [2.05, 4.69) is 9.97 Å². The van der Waals surface area contributed by atoms with Crippen molar-refractivity contribution in [1.82, 2.24) is 14.9 Å². The van der Waals surface area contributed by atoms with Crippen LogP contribution in [0, 0.1) is 5.82 Å². The maximum absolute atomic E-state index is 14.8. The number of anilines is 1. The lowest BCUT2D eigenvalue weighted by Gasteiger charge is -2.30. The van der Waals surface area contributed by atoms with Gasteiger partial charge in [0.25, 0.3) is 5.91 Å². The largest absolute Gasteiger partial charge is 0.391 e. The highest BCUT2D eigenvalue weighted by atomic mass is 19.1. The Kier molecular flexibility index (Phi) is 5.22. The van der Waals surface area contributed by atoms with Gasteiger partial charge in [0.05, 0.1) is 6.10 Å². The number of aromatic nitrogens is 2. The van der Waals surface area contributed by atoms with Gasteiger partial charge in [-0.1, -0.05) is 30.3 Å². The molecule has 6 nitrogen and oxygen atoms in total. The van der Waals surface area contributed by atoms with Gasteiger partial charge in [0.2, 0.25) is 5.95 Å². The number of nitrogens with two attached hydrogens (primary N) is 1. The van der Waals surface area contributed by atoms with Crippen molar-refractivity contribution >= 4 is 11.9 Å². The van der Waals surface area contributed by atoms with Crippen LogP contribution in [0.4, 0.5) is 10.3 Å². The first kappa shape index (κ1) is 19.0. The van der Waals surface area contributed by atoms with Crippen LogP contribution < -0.4 is 5.73 Å². The second kappa shape index (κ2) is 7.97. The number of amides is 1. The molecule has 1 aliphatic heterocycles. The monoisotopic (exact) mass is 392 g/mol. The van der Waals surface area contributed by atoms with Crippen LogP contribution in [0.25, 0.3) is 22.3 Å². The van der Waals surface area contributed by atoms with E-state index in [1.54, 1.807) is 35.2 Å². The molecule has 29 heavy (non-hydrogen) atoms. The topological polar surface area (TPSA) is 92.3 Å². The Labute approximate surface area is 167 Å². The van der Waals surface area contributed by atoms with Crippen molar-refractivity contribution in [1.29, 1.82) is 0 Å². The van der Waals surface area contributed by atoms with Crippen LogP contribution >= 0.6 is 0 Å². The van der Waals surface area contributed by atoms with Crippen molar-refractivity contribution < 1.29 is 14.3 Å². The number of aliphatic hydroxyl groups is 1. The van der Waals surface area contributed by atoms with Gasteiger partial charge < -0.3 is 15.7 Å². The lowest BCUT2D eigenvalue weighted by Crippen LogP contribution is -2.42. The van der Waals surface area contributed by atoms with Crippen molar-refractivity contribution in [2.24, 2.45) is 0 Å². The number of piperidine rings is 1. The fraction of sp³-hybridized carbons (Fsp3) is 0.227. The molecule has 1 fully saturated rings. The Bertz CT molecular complexity index is 1040. The molecule has 4 rings (SSSR count). The number of nitrogens with zero attached hydrogens (tertiary/aromatic N) is 3. The normalized spacial score (nSPS) is 16.6. The number of carbonyl (C=O) groups excluding carboxylic acids is 1. The first-order valence-electron chi connectivity index (χ1n) is 9.47. The first-order valence-corrected chi connectivity index (χ1v) is 9.47. The van der Waals surface area contributed by atoms with Crippen LogP contribution in [0.1, 0.15) is 23.2 Å². The van der Waals surface area contributed by atoms with E-state index in [0.29, 0.717) is 47.3 Å². The molecule has 1 amide bonds. The van der Waals surface area contributed by atoms with E-state index in [1.807, 2.05) is 6.07 Å². The Hall–Kier alpha value is -3.32. The molecule has 2 heterocycles. The molecule has 1 aliphatic rings. The molecule has 1 aromatic heterocycles. The summed E-state index contributed by atoms with van der Waals surface area (Å²) in [5.41, 5.74) is 8.11. The van der Waals surface area contributed by atoms with Crippen molar-refractivity contribution in [3.05, 3.63) is 66.2 Å². The van der Waals surface area contributed by atoms with E-state index in [4.69, 9.17) is 5.73 Å². The standard InChI is InChI=1S/C22H21FN4O2/c23-20-10-14(7-8-18(20)15-11-25-22(24)26-12-15)17-5-1-2-6-19(17)21(29)27-9-3-4-16(28)13-27/h1-2,5-8,10-12,16,28H,3-4,9,13H2,(H2,24,25,26)/t16-/m1/s1. The molecule has 0 unspecified atom stereocenters. The number of hydrogen-bond acceptors (Lipinski definition) is 5. The van der Waals surface area contributed by atoms with Crippen LogP contribution in [0.15, 0.2) is 54.9 Å². The van der Waals surface area contributed by atoms with E-state index < -0.39 is 11.9 Å². The number of benzene rings is 2. The molecule has 7 heteroatoms. The smallest absolute Gasteiger partial charge is 0.254 e. The third kappa shape index (κ3) is 3.95. The van der Waals surface area contributed by atoms with Crippen molar-refractivity contribution in [2.75, 3.05) is 18.8 Å². The maximum Gasteiger partial charge on any atom is 0.254 e. The van der Waals surface area contributed by atoms with Gasteiger partial charge in [-0.2, -0.15) is 0 Å². The van der Waals surface area contributed by atoms with Crippen molar-refractivity contribution in [2.45, 2.75) is 18.9 Å². The number of rotatable bonds is 3. The highest BCUT2D eigenvalue weighted by Gasteiger charge is 2.25. The summed E-state index contributed by atoms with van der Waals surface area (Å²) in [4.78, 5) is 22.5. The first-order chi connectivity index (χ1) is 14.0. The van der Waals surface area contributed by atoms with Crippen LogP contribution in [-0.4, -0.2) is 45.1 Å². The van der Waals surface area contributed by atoms with E-state index in [-0.39, 0.29) is 11.9 Å². The minimum atomic E-state index is -0.501. The number of hydrogen-bond donors (Lipinski definition) is 2. The van der Waals surface area contributed by atoms with E-state index in [0.717, 1.165) is 6.42 Å². The Balaban J connectivity index is 1.68. The second-order valence-corrected chi connectivity index (χ2v) is 7.12. The lowest BCUT2D eigenvalue weighted by molar-refractivity contribution is 0.0474. The Morgan fingerprint density at radius 3 is 2.59 bits per heavy atom. The van der Waals surface area contributed by atoms with Crippen LogP contribution in [0.5, 0.6) is 0 Å². The fourth-order valence-electron chi connectivity index (χ4n) is 3.62. The van der Waals surface area contributed by atoms with E-state index in [9.17, 15) is 14.3 Å². The van der Waals surface area contributed by atoms with Gasteiger partial charge >= 0.3 is 0 Å². The molecule has 0 radical (unpaired) electrons.